The summed E-state index contributed by atoms with van der Waals surface area (Å²) in [4.78, 5) is 15.4. The molecule has 0 radical (unpaired) electrons. The smallest absolute Gasteiger partial charge is 0.164 e. The number of aromatic nitrogens is 3. The summed E-state index contributed by atoms with van der Waals surface area (Å²) in [5, 5.41) is 0. The maximum atomic E-state index is 5.15. The molecule has 0 N–H and O–H groups in total. The summed E-state index contributed by atoms with van der Waals surface area (Å²) in [6.45, 7) is 0. The Morgan fingerprint density at radius 1 is 0.150 bits per heavy atom. The van der Waals surface area contributed by atoms with Gasteiger partial charge < -0.3 is 0 Å². The predicted octanol–water partition coefficient (Wildman–Crippen LogP) is 14.9. The normalized spacial score (nSPS) is 11.0. The van der Waals surface area contributed by atoms with E-state index in [0.29, 0.717) is 17.5 Å². The first-order chi connectivity index (χ1) is 29.7. The molecule has 0 unspecified atom stereocenters. The molecule has 3 heteroatoms. The van der Waals surface area contributed by atoms with E-state index in [4.69, 9.17) is 15.0 Å². The van der Waals surface area contributed by atoms with Gasteiger partial charge in [-0.1, -0.05) is 206 Å². The van der Waals surface area contributed by atoms with Crippen molar-refractivity contribution in [2.24, 2.45) is 0 Å². The van der Waals surface area contributed by atoms with E-state index >= 15 is 0 Å². The number of rotatable bonds is 9. The Bertz CT molecular complexity index is 3070. The van der Waals surface area contributed by atoms with E-state index < -0.39 is 0 Å². The van der Waals surface area contributed by atoms with Crippen molar-refractivity contribution in [3.8, 4) is 101 Å². The molecule has 0 saturated carbocycles. The lowest BCUT2D eigenvalue weighted by molar-refractivity contribution is 1.07. The van der Waals surface area contributed by atoms with Crippen LogP contribution in [0.15, 0.2) is 237 Å². The molecule has 0 aliphatic heterocycles. The zero-order valence-corrected chi connectivity index (χ0v) is 32.9. The zero-order valence-electron chi connectivity index (χ0n) is 32.9. The SMILES string of the molecule is c1ccc(-c2cccc(-c3cccc(-c4ccc(-c5nc(-c6cccc(-c7ccccc7)c6)nc(-c6cccc(-c7cccc(-c8ccccc8)c7)c6)n5)cc4)c3)c2)cc1. The maximum absolute atomic E-state index is 5.15. The summed E-state index contributed by atoms with van der Waals surface area (Å²) in [5.41, 5.74) is 16.6. The van der Waals surface area contributed by atoms with Gasteiger partial charge in [-0.2, -0.15) is 0 Å². The van der Waals surface area contributed by atoms with E-state index in [-0.39, 0.29) is 0 Å². The largest absolute Gasteiger partial charge is 0.208 e. The first kappa shape index (κ1) is 36.3. The Kier molecular flexibility index (Phi) is 9.97. The minimum Gasteiger partial charge on any atom is -0.208 e. The van der Waals surface area contributed by atoms with Crippen LogP contribution in [0.2, 0.25) is 0 Å². The summed E-state index contributed by atoms with van der Waals surface area (Å²) >= 11 is 0. The molecule has 60 heavy (non-hydrogen) atoms. The highest BCUT2D eigenvalue weighted by molar-refractivity contribution is 5.80. The van der Waals surface area contributed by atoms with Crippen molar-refractivity contribution in [3.05, 3.63) is 237 Å². The van der Waals surface area contributed by atoms with Crippen molar-refractivity contribution in [1.82, 2.24) is 15.0 Å². The molecule has 1 aromatic heterocycles. The van der Waals surface area contributed by atoms with E-state index in [1.54, 1.807) is 0 Å². The van der Waals surface area contributed by atoms with Crippen LogP contribution < -0.4 is 0 Å². The van der Waals surface area contributed by atoms with Crippen LogP contribution in [-0.2, 0) is 0 Å². The Balaban J connectivity index is 1.02. The van der Waals surface area contributed by atoms with E-state index in [1.807, 2.05) is 12.1 Å². The standard InChI is InChI=1S/C57H39N3/c1-4-15-40(16-5-1)45-21-10-25-49(35-45)50-26-12-23-47(37-50)43-31-33-44(34-32-43)55-58-56(53-29-13-24-48(38-53)42-19-8-3-9-20-42)60-57(59-55)54-30-14-28-52(39-54)51-27-11-22-46(36-51)41-17-6-2-7-18-41/h1-39H. The van der Waals surface area contributed by atoms with Gasteiger partial charge in [0.15, 0.2) is 17.5 Å². The van der Waals surface area contributed by atoms with Gasteiger partial charge in [-0.15, -0.1) is 0 Å². The second-order valence-corrected chi connectivity index (χ2v) is 14.9. The fraction of sp³-hybridized carbons (Fsp3) is 0. The van der Waals surface area contributed by atoms with Crippen LogP contribution >= 0.6 is 0 Å². The number of hydrogen-bond acceptors (Lipinski definition) is 3. The molecule has 1 heterocycles. The second-order valence-electron chi connectivity index (χ2n) is 14.9. The third-order valence-corrected chi connectivity index (χ3v) is 10.9. The molecule has 3 nitrogen and oxygen atoms in total. The van der Waals surface area contributed by atoms with Crippen molar-refractivity contribution in [3.63, 3.8) is 0 Å². The van der Waals surface area contributed by atoms with Crippen molar-refractivity contribution in [2.45, 2.75) is 0 Å². The van der Waals surface area contributed by atoms with Gasteiger partial charge in [-0.05, 0) is 97.1 Å². The fourth-order valence-electron chi connectivity index (χ4n) is 7.78. The predicted molar refractivity (Wildman–Crippen MR) is 249 cm³/mol. The number of benzene rings is 9. The average molecular weight is 766 g/mol. The van der Waals surface area contributed by atoms with Crippen molar-refractivity contribution >= 4 is 0 Å². The summed E-state index contributed by atoms with van der Waals surface area (Å²) in [6.07, 6.45) is 0. The van der Waals surface area contributed by atoms with Gasteiger partial charge in [-0.3, -0.25) is 0 Å². The number of hydrogen-bond donors (Lipinski definition) is 0. The second kappa shape index (κ2) is 16.5. The Labute approximate surface area is 351 Å². The van der Waals surface area contributed by atoms with Crippen LogP contribution in [0.1, 0.15) is 0 Å². The molecular formula is C57H39N3. The van der Waals surface area contributed by atoms with Crippen LogP contribution in [0, 0.1) is 0 Å². The molecule has 10 rings (SSSR count). The molecule has 282 valence electrons. The topological polar surface area (TPSA) is 38.7 Å². The fourth-order valence-corrected chi connectivity index (χ4v) is 7.78. The molecule has 0 fully saturated rings. The average Bonchev–Trinajstić information content (AvgIpc) is 3.35. The summed E-state index contributed by atoms with van der Waals surface area (Å²) in [6, 6.07) is 83.1. The molecular weight excluding hydrogens is 727 g/mol. The molecule has 0 saturated heterocycles. The highest BCUT2D eigenvalue weighted by Crippen LogP contribution is 2.34. The summed E-state index contributed by atoms with van der Waals surface area (Å²) < 4.78 is 0. The molecule has 9 aromatic carbocycles. The first-order valence-corrected chi connectivity index (χ1v) is 20.3. The third-order valence-electron chi connectivity index (χ3n) is 10.9. The quantitative estimate of drug-likeness (QED) is 0.147. The zero-order chi connectivity index (χ0) is 40.1. The van der Waals surface area contributed by atoms with Crippen LogP contribution in [0.3, 0.4) is 0 Å². The van der Waals surface area contributed by atoms with E-state index in [9.17, 15) is 0 Å². The molecule has 0 amide bonds. The van der Waals surface area contributed by atoms with Gasteiger partial charge in [0, 0.05) is 16.7 Å². The van der Waals surface area contributed by atoms with Gasteiger partial charge in [0.2, 0.25) is 0 Å². The maximum Gasteiger partial charge on any atom is 0.164 e. The summed E-state index contributed by atoms with van der Waals surface area (Å²) in [7, 11) is 0. The first-order valence-electron chi connectivity index (χ1n) is 20.3. The van der Waals surface area contributed by atoms with Gasteiger partial charge in [0.05, 0.1) is 0 Å². The van der Waals surface area contributed by atoms with Gasteiger partial charge in [-0.25, -0.2) is 15.0 Å². The van der Waals surface area contributed by atoms with Crippen molar-refractivity contribution in [1.29, 1.82) is 0 Å². The Morgan fingerprint density at radius 2 is 0.350 bits per heavy atom. The van der Waals surface area contributed by atoms with Gasteiger partial charge in [0.1, 0.15) is 0 Å². The number of nitrogens with zero attached hydrogens (tertiary/aromatic N) is 3. The molecule has 0 aliphatic rings. The molecule has 0 atom stereocenters. The van der Waals surface area contributed by atoms with Gasteiger partial charge >= 0.3 is 0 Å². The molecule has 0 spiro atoms. The lowest BCUT2D eigenvalue weighted by atomic mass is 9.96. The monoisotopic (exact) mass is 765 g/mol. The van der Waals surface area contributed by atoms with Crippen LogP contribution in [0.4, 0.5) is 0 Å². The van der Waals surface area contributed by atoms with Crippen LogP contribution in [-0.4, -0.2) is 15.0 Å². The molecule has 10 aromatic rings. The van der Waals surface area contributed by atoms with E-state index in [0.717, 1.165) is 50.1 Å². The van der Waals surface area contributed by atoms with Gasteiger partial charge in [0.25, 0.3) is 0 Å². The lowest BCUT2D eigenvalue weighted by Gasteiger charge is -2.12. The molecule has 0 aliphatic carbocycles. The third kappa shape index (κ3) is 7.80. The van der Waals surface area contributed by atoms with E-state index in [1.165, 1.54) is 33.4 Å². The minimum absolute atomic E-state index is 0.620. The molecule has 0 bridgehead atoms. The highest BCUT2D eigenvalue weighted by Gasteiger charge is 2.15. The summed E-state index contributed by atoms with van der Waals surface area (Å²) in [5.74, 6) is 1.86. The minimum atomic E-state index is 0.620. The van der Waals surface area contributed by atoms with Crippen molar-refractivity contribution < 1.29 is 0 Å². The Morgan fingerprint density at radius 3 is 0.667 bits per heavy atom. The van der Waals surface area contributed by atoms with Crippen molar-refractivity contribution in [2.75, 3.05) is 0 Å². The lowest BCUT2D eigenvalue weighted by Crippen LogP contribution is -2.00. The highest BCUT2D eigenvalue weighted by atomic mass is 15.0. The van der Waals surface area contributed by atoms with E-state index in [2.05, 4.69) is 224 Å². The Hall–Kier alpha value is -8.01. The van der Waals surface area contributed by atoms with Crippen LogP contribution in [0.25, 0.3) is 101 Å². The van der Waals surface area contributed by atoms with Crippen LogP contribution in [0.5, 0.6) is 0 Å².